The van der Waals surface area contributed by atoms with Gasteiger partial charge in [0.15, 0.2) is 0 Å². The van der Waals surface area contributed by atoms with E-state index < -0.39 is 0 Å². The first-order valence-electron chi connectivity index (χ1n) is 5.85. The van der Waals surface area contributed by atoms with E-state index in [0.29, 0.717) is 6.54 Å². The van der Waals surface area contributed by atoms with Crippen LogP contribution in [0, 0.1) is 5.41 Å². The molecule has 2 N–H and O–H groups in total. The lowest BCUT2D eigenvalue weighted by Crippen LogP contribution is -2.31. The average Bonchev–Trinajstić information content (AvgIpc) is 2.85. The molecule has 0 radical (unpaired) electrons. The molecule has 0 aliphatic carbocycles. The monoisotopic (exact) mass is 235 g/mol. The molecule has 6 heteroatoms. The van der Waals surface area contributed by atoms with E-state index in [1.54, 1.807) is 17.4 Å². The molecule has 1 aliphatic rings. The lowest BCUT2D eigenvalue weighted by atomic mass is 10.2. The molecule has 0 aromatic carbocycles. The van der Waals surface area contributed by atoms with E-state index in [1.165, 1.54) is 0 Å². The Morgan fingerprint density at radius 3 is 2.94 bits per heavy atom. The van der Waals surface area contributed by atoms with Crippen molar-refractivity contribution >= 4 is 11.9 Å². The Kier molecular flexibility index (Phi) is 3.12. The van der Waals surface area contributed by atoms with Gasteiger partial charge in [0.25, 0.3) is 0 Å². The fourth-order valence-electron chi connectivity index (χ4n) is 2.13. The van der Waals surface area contributed by atoms with Crippen LogP contribution in [0.1, 0.15) is 32.0 Å². The molecule has 1 fully saturated rings. The van der Waals surface area contributed by atoms with Gasteiger partial charge in [-0.25, -0.2) is 9.78 Å². The average molecular weight is 235 g/mol. The van der Waals surface area contributed by atoms with Crippen LogP contribution in [-0.2, 0) is 6.54 Å². The molecule has 1 unspecified atom stereocenters. The predicted octanol–water partition coefficient (Wildman–Crippen LogP) is 1.36. The van der Waals surface area contributed by atoms with Crippen molar-refractivity contribution in [3.63, 3.8) is 0 Å². The van der Waals surface area contributed by atoms with Crippen molar-refractivity contribution in [1.29, 1.82) is 5.41 Å². The minimum Gasteiger partial charge on any atom is -0.333 e. The highest BCUT2D eigenvalue weighted by atomic mass is 16.2. The number of urea groups is 1. The Balaban J connectivity index is 2.34. The quantitative estimate of drug-likeness (QED) is 0.826. The van der Waals surface area contributed by atoms with Crippen molar-refractivity contribution in [2.45, 2.75) is 32.9 Å². The zero-order valence-electron chi connectivity index (χ0n) is 10.1. The van der Waals surface area contributed by atoms with Crippen molar-refractivity contribution in [3.05, 3.63) is 18.2 Å². The third-order valence-corrected chi connectivity index (χ3v) is 2.92. The van der Waals surface area contributed by atoms with Gasteiger partial charge in [0.2, 0.25) is 0 Å². The normalized spacial score (nSPS) is 19.9. The number of amides is 2. The molecule has 92 valence electrons. The van der Waals surface area contributed by atoms with Gasteiger partial charge in [-0.1, -0.05) is 6.92 Å². The maximum atomic E-state index is 11.7. The Morgan fingerprint density at radius 2 is 2.29 bits per heavy atom. The Bertz CT molecular complexity index is 439. The van der Waals surface area contributed by atoms with Crippen LogP contribution in [0.2, 0.25) is 0 Å². The van der Waals surface area contributed by atoms with Crippen LogP contribution in [-0.4, -0.2) is 32.9 Å². The molecule has 2 rings (SSSR count). The molecule has 0 bridgehead atoms. The second-order valence-electron chi connectivity index (χ2n) is 4.04. The second kappa shape index (κ2) is 4.57. The molecule has 1 aliphatic heterocycles. The number of aryl methyl sites for hydroxylation is 1. The zero-order valence-corrected chi connectivity index (χ0v) is 10.1. The van der Waals surface area contributed by atoms with E-state index in [2.05, 4.69) is 10.3 Å². The van der Waals surface area contributed by atoms with Crippen molar-refractivity contribution in [2.75, 3.05) is 6.54 Å². The van der Waals surface area contributed by atoms with Gasteiger partial charge in [-0.3, -0.25) is 10.7 Å². The summed E-state index contributed by atoms with van der Waals surface area (Å²) in [5.41, 5.74) is 0.893. The van der Waals surface area contributed by atoms with Crippen molar-refractivity contribution < 1.29 is 4.79 Å². The van der Waals surface area contributed by atoms with Crippen LogP contribution in [0.4, 0.5) is 4.79 Å². The Hall–Kier alpha value is -1.85. The molecule has 1 aromatic heterocycles. The zero-order chi connectivity index (χ0) is 12.4. The van der Waals surface area contributed by atoms with Crippen LogP contribution in [0.5, 0.6) is 0 Å². The van der Waals surface area contributed by atoms with Crippen LogP contribution in [0.25, 0.3) is 0 Å². The number of nitrogens with one attached hydrogen (secondary N) is 2. The van der Waals surface area contributed by atoms with E-state index in [0.717, 1.165) is 18.7 Å². The van der Waals surface area contributed by atoms with Gasteiger partial charge in [0.05, 0.1) is 18.2 Å². The number of nitrogens with zero attached hydrogens (tertiary/aromatic N) is 3. The first-order valence-corrected chi connectivity index (χ1v) is 5.85. The molecular weight excluding hydrogens is 218 g/mol. The number of aromatic nitrogens is 2. The van der Waals surface area contributed by atoms with E-state index in [4.69, 9.17) is 5.41 Å². The summed E-state index contributed by atoms with van der Waals surface area (Å²) >= 11 is 0. The highest BCUT2D eigenvalue weighted by Crippen LogP contribution is 2.25. The first-order chi connectivity index (χ1) is 8.19. The van der Waals surface area contributed by atoms with Gasteiger partial charge in [-0.2, -0.15) is 0 Å². The third kappa shape index (κ3) is 1.90. The van der Waals surface area contributed by atoms with Crippen molar-refractivity contribution in [1.82, 2.24) is 19.8 Å². The highest BCUT2D eigenvalue weighted by molar-refractivity contribution is 6.05. The minimum absolute atomic E-state index is 0.189. The molecule has 1 aromatic rings. The second-order valence-corrected chi connectivity index (χ2v) is 4.04. The molecule has 0 saturated carbocycles. The third-order valence-electron chi connectivity index (χ3n) is 2.92. The summed E-state index contributed by atoms with van der Waals surface area (Å²) in [5, 5.41) is 10.4. The van der Waals surface area contributed by atoms with E-state index in [-0.39, 0.29) is 17.9 Å². The van der Waals surface area contributed by atoms with E-state index >= 15 is 0 Å². The smallest absolute Gasteiger partial charge is 0.323 e. The predicted molar refractivity (Wildman–Crippen MR) is 63.9 cm³/mol. The topological polar surface area (TPSA) is 74.0 Å². The fraction of sp³-hybridized carbons (Fsp3) is 0.545. The van der Waals surface area contributed by atoms with Crippen molar-refractivity contribution in [2.24, 2.45) is 0 Å². The summed E-state index contributed by atoms with van der Waals surface area (Å²) < 4.78 is 1.96. The van der Waals surface area contributed by atoms with Gasteiger partial charge in [0.1, 0.15) is 11.9 Å². The number of carbonyl (C=O) groups excluding carboxylic acids is 1. The number of carbonyl (C=O) groups is 1. The molecule has 1 atom stereocenters. The van der Waals surface area contributed by atoms with Crippen LogP contribution < -0.4 is 5.32 Å². The standard InChI is InChI=1S/C11H17N5O/c1-3-5-16-9(10(12)14-11(16)17)8-6-13-7-15(8)4-2/h6-7,9H,3-5H2,1-2H3,(H2,12,14,17). The Labute approximate surface area is 100 Å². The van der Waals surface area contributed by atoms with Crippen LogP contribution >= 0.6 is 0 Å². The summed E-state index contributed by atoms with van der Waals surface area (Å²) in [7, 11) is 0. The SMILES string of the molecule is CCCN1C(=O)NC(=N)C1c1cncn1CC. The molecule has 1 saturated heterocycles. The van der Waals surface area contributed by atoms with Gasteiger partial charge >= 0.3 is 6.03 Å². The van der Waals surface area contributed by atoms with Crippen LogP contribution in [0.15, 0.2) is 12.5 Å². The molecule has 2 heterocycles. The number of rotatable bonds is 4. The van der Waals surface area contributed by atoms with Gasteiger partial charge in [-0.15, -0.1) is 0 Å². The minimum atomic E-state index is -0.315. The lowest BCUT2D eigenvalue weighted by Gasteiger charge is -2.22. The number of imidazole rings is 1. The van der Waals surface area contributed by atoms with Gasteiger partial charge in [-0.05, 0) is 13.3 Å². The molecule has 0 spiro atoms. The number of amidine groups is 1. The summed E-state index contributed by atoms with van der Waals surface area (Å²) in [5.74, 6) is 0.235. The van der Waals surface area contributed by atoms with Crippen molar-refractivity contribution in [3.8, 4) is 0 Å². The largest absolute Gasteiger partial charge is 0.333 e. The molecular formula is C11H17N5O. The van der Waals surface area contributed by atoms with Gasteiger partial charge < -0.3 is 9.47 Å². The highest BCUT2D eigenvalue weighted by Gasteiger charge is 2.37. The molecule has 2 amide bonds. The number of hydrogen-bond donors (Lipinski definition) is 2. The number of hydrogen-bond acceptors (Lipinski definition) is 3. The lowest BCUT2D eigenvalue weighted by molar-refractivity contribution is 0.204. The van der Waals surface area contributed by atoms with Crippen LogP contribution in [0.3, 0.4) is 0 Å². The summed E-state index contributed by atoms with van der Waals surface area (Å²) in [4.78, 5) is 17.5. The van der Waals surface area contributed by atoms with E-state index in [1.807, 2.05) is 18.4 Å². The maximum Gasteiger partial charge on any atom is 0.323 e. The van der Waals surface area contributed by atoms with E-state index in [9.17, 15) is 4.79 Å². The Morgan fingerprint density at radius 1 is 1.53 bits per heavy atom. The molecule has 6 nitrogen and oxygen atoms in total. The summed E-state index contributed by atoms with van der Waals surface area (Å²) in [6.45, 7) is 5.47. The first kappa shape index (κ1) is 11.6. The van der Waals surface area contributed by atoms with Gasteiger partial charge in [0, 0.05) is 13.1 Å². The summed E-state index contributed by atoms with van der Waals surface area (Å²) in [6.07, 6.45) is 4.33. The summed E-state index contributed by atoms with van der Waals surface area (Å²) in [6, 6.07) is -0.504. The molecule has 17 heavy (non-hydrogen) atoms. The fourth-order valence-corrected chi connectivity index (χ4v) is 2.13. The maximum absolute atomic E-state index is 11.7.